The van der Waals surface area contributed by atoms with Crippen molar-refractivity contribution in [1.29, 1.82) is 0 Å². The van der Waals surface area contributed by atoms with Crippen LogP contribution < -0.4 is 4.90 Å². The van der Waals surface area contributed by atoms with Crippen LogP contribution in [0.5, 0.6) is 0 Å². The molecule has 6 aromatic carbocycles. The predicted octanol–water partition coefficient (Wildman–Crippen LogP) is 11.4. The van der Waals surface area contributed by atoms with Gasteiger partial charge in [0.25, 0.3) is 0 Å². The van der Waals surface area contributed by atoms with Gasteiger partial charge in [-0.05, 0) is 46.5 Å². The molecule has 0 radical (unpaired) electrons. The summed E-state index contributed by atoms with van der Waals surface area (Å²) >= 11 is 7.00. The number of para-hydroxylation sites is 3. The smallest absolute Gasteiger partial charge is 0.137 e. The van der Waals surface area contributed by atoms with Crippen LogP contribution in [-0.2, 0) is 0 Å². The molecule has 0 atom stereocenters. The van der Waals surface area contributed by atoms with Crippen molar-refractivity contribution in [1.82, 2.24) is 0 Å². The lowest BCUT2D eigenvalue weighted by molar-refractivity contribution is 0.663. The van der Waals surface area contributed by atoms with E-state index in [-0.39, 0.29) is 0 Å². The van der Waals surface area contributed by atoms with Crippen molar-refractivity contribution in [2.45, 2.75) is 0 Å². The molecule has 9 rings (SSSR count). The zero-order valence-corrected chi connectivity index (χ0v) is 21.9. The predicted molar refractivity (Wildman–Crippen MR) is 167 cm³/mol. The molecular weight excluding hydrogens is 514 g/mol. The third-order valence-corrected chi connectivity index (χ3v) is 8.33. The lowest BCUT2D eigenvalue weighted by atomic mass is 10.0. The molecule has 3 heterocycles. The van der Waals surface area contributed by atoms with Crippen LogP contribution >= 0.6 is 11.6 Å². The number of furan rings is 1. The molecule has 0 unspecified atom stereocenters. The molecule has 4 heteroatoms. The Balaban J connectivity index is 1.42. The third-order valence-electron chi connectivity index (χ3n) is 8.03. The van der Waals surface area contributed by atoms with Crippen LogP contribution in [0.4, 0.5) is 17.1 Å². The molecular formula is C36H20ClNO2. The third kappa shape index (κ3) is 3.01. The van der Waals surface area contributed by atoms with Gasteiger partial charge in [-0.25, -0.2) is 0 Å². The van der Waals surface area contributed by atoms with Crippen LogP contribution in [0.2, 0.25) is 5.02 Å². The van der Waals surface area contributed by atoms with Gasteiger partial charge in [0.2, 0.25) is 0 Å². The minimum atomic E-state index is 0.689. The number of anilines is 3. The molecule has 0 bridgehead atoms. The van der Waals surface area contributed by atoms with Crippen molar-refractivity contribution in [3.63, 3.8) is 0 Å². The summed E-state index contributed by atoms with van der Waals surface area (Å²) in [6.45, 7) is 0. The van der Waals surface area contributed by atoms with Gasteiger partial charge < -0.3 is 13.7 Å². The zero-order chi connectivity index (χ0) is 26.4. The van der Waals surface area contributed by atoms with E-state index in [1.165, 1.54) is 5.39 Å². The van der Waals surface area contributed by atoms with Crippen LogP contribution in [0.15, 0.2) is 130 Å². The SMILES string of the molecule is Clc1cc2c(cc1N1c3ccc4c5ccccc5oc5ccccc5c5ccccc5c4c31)oc1ccccc12. The average molecular weight is 534 g/mol. The van der Waals surface area contributed by atoms with Crippen molar-refractivity contribution < 1.29 is 8.83 Å². The Morgan fingerprint density at radius 2 is 0.925 bits per heavy atom. The van der Waals surface area contributed by atoms with E-state index >= 15 is 0 Å². The molecule has 1 aliphatic rings. The van der Waals surface area contributed by atoms with Gasteiger partial charge >= 0.3 is 0 Å². The molecule has 188 valence electrons. The van der Waals surface area contributed by atoms with Crippen LogP contribution in [0, 0.1) is 0 Å². The van der Waals surface area contributed by atoms with Crippen molar-refractivity contribution in [2.75, 3.05) is 4.90 Å². The number of rotatable bonds is 1. The quantitative estimate of drug-likeness (QED) is 0.196. The highest BCUT2D eigenvalue weighted by Crippen LogP contribution is 2.60. The molecule has 8 aromatic rings. The molecule has 0 N–H and O–H groups in total. The Kier molecular flexibility index (Phi) is 4.38. The summed E-state index contributed by atoms with van der Waals surface area (Å²) in [6.07, 6.45) is 0. The van der Waals surface area contributed by atoms with Gasteiger partial charge in [-0.2, -0.15) is 0 Å². The summed E-state index contributed by atoms with van der Waals surface area (Å²) in [5.74, 6) is 0. The Bertz CT molecular complexity index is 2410. The lowest BCUT2D eigenvalue weighted by Gasteiger charge is -2.07. The van der Waals surface area contributed by atoms with Crippen molar-refractivity contribution >= 4 is 94.1 Å². The molecule has 2 aromatic heterocycles. The molecule has 3 nitrogen and oxygen atoms in total. The molecule has 0 saturated carbocycles. The van der Waals surface area contributed by atoms with E-state index in [0.717, 1.165) is 77.1 Å². The van der Waals surface area contributed by atoms with Crippen molar-refractivity contribution in [3.05, 3.63) is 126 Å². The molecule has 0 amide bonds. The Morgan fingerprint density at radius 3 is 1.60 bits per heavy atom. The standard InChI is InChI=1S/C36H20ClNO2/c37-28-19-27-24-12-5-8-16-33(24)40-34(27)20-30(28)38-29-18-17-26-23-11-4-7-15-32(23)39-31-14-6-3-10-22(31)21-9-1-2-13-25(21)35(26)36(29)38/h1-20H. The summed E-state index contributed by atoms with van der Waals surface area (Å²) in [7, 11) is 0. The minimum absolute atomic E-state index is 0.689. The van der Waals surface area contributed by atoms with E-state index in [0.29, 0.717) is 5.02 Å². The zero-order valence-electron chi connectivity index (χ0n) is 21.2. The fourth-order valence-electron chi connectivity index (χ4n) is 6.21. The normalized spacial score (nSPS) is 12.6. The maximum absolute atomic E-state index is 7.00. The summed E-state index contributed by atoms with van der Waals surface area (Å²) in [6, 6.07) is 41.7. The number of hydrogen-bond acceptors (Lipinski definition) is 3. The summed E-state index contributed by atoms with van der Waals surface area (Å²) in [5.41, 5.74) is 6.56. The molecule has 0 spiro atoms. The van der Waals surface area contributed by atoms with Gasteiger partial charge in [0.05, 0.1) is 22.1 Å². The second-order valence-corrected chi connectivity index (χ2v) is 10.6. The first-order chi connectivity index (χ1) is 19.8. The van der Waals surface area contributed by atoms with Gasteiger partial charge in [-0.15, -0.1) is 0 Å². The van der Waals surface area contributed by atoms with Crippen LogP contribution in [-0.4, -0.2) is 0 Å². The maximum Gasteiger partial charge on any atom is 0.137 e. The first kappa shape index (κ1) is 21.9. The van der Waals surface area contributed by atoms with Gasteiger partial charge in [-0.1, -0.05) is 96.5 Å². The molecule has 40 heavy (non-hydrogen) atoms. The Labute approximate surface area is 233 Å². The summed E-state index contributed by atoms with van der Waals surface area (Å²) < 4.78 is 12.8. The first-order valence-electron chi connectivity index (χ1n) is 13.3. The van der Waals surface area contributed by atoms with Gasteiger partial charge in [-0.3, -0.25) is 0 Å². The Morgan fingerprint density at radius 1 is 0.425 bits per heavy atom. The van der Waals surface area contributed by atoms with E-state index < -0.39 is 0 Å². The lowest BCUT2D eigenvalue weighted by Crippen LogP contribution is -1.90. The van der Waals surface area contributed by atoms with Crippen LogP contribution in [0.3, 0.4) is 0 Å². The highest BCUT2D eigenvalue weighted by molar-refractivity contribution is 6.37. The Hall–Kier alpha value is -4.99. The number of fused-ring (bicyclic) bond motifs is 12. The van der Waals surface area contributed by atoms with Gasteiger partial charge in [0.1, 0.15) is 22.3 Å². The van der Waals surface area contributed by atoms with Crippen LogP contribution in [0.25, 0.3) is 65.4 Å². The summed E-state index contributed by atoms with van der Waals surface area (Å²) in [5, 5.41) is 9.48. The van der Waals surface area contributed by atoms with Crippen LogP contribution in [0.1, 0.15) is 0 Å². The van der Waals surface area contributed by atoms with Crippen molar-refractivity contribution in [2.24, 2.45) is 0 Å². The maximum atomic E-state index is 7.00. The molecule has 0 fully saturated rings. The molecule has 0 saturated heterocycles. The molecule has 1 aliphatic heterocycles. The minimum Gasteiger partial charge on any atom is -0.456 e. The fourth-order valence-corrected chi connectivity index (χ4v) is 6.46. The van der Waals surface area contributed by atoms with E-state index in [9.17, 15) is 0 Å². The van der Waals surface area contributed by atoms with Crippen molar-refractivity contribution in [3.8, 4) is 0 Å². The van der Waals surface area contributed by atoms with Gasteiger partial charge in [0, 0.05) is 33.0 Å². The van der Waals surface area contributed by atoms with E-state index in [1.54, 1.807) is 0 Å². The average Bonchev–Trinajstić information content (AvgIpc) is 3.60. The number of hydrogen-bond donors (Lipinski definition) is 0. The second kappa shape index (κ2) is 8.01. The van der Waals surface area contributed by atoms with Gasteiger partial charge in [0.15, 0.2) is 0 Å². The van der Waals surface area contributed by atoms with E-state index in [4.69, 9.17) is 20.4 Å². The fraction of sp³-hybridized carbons (Fsp3) is 0. The number of halogens is 1. The van der Waals surface area contributed by atoms with E-state index in [1.807, 2.05) is 48.5 Å². The monoisotopic (exact) mass is 533 g/mol. The summed E-state index contributed by atoms with van der Waals surface area (Å²) in [4.78, 5) is 2.25. The molecule has 0 aliphatic carbocycles. The topological polar surface area (TPSA) is 29.3 Å². The number of benzene rings is 6. The highest BCUT2D eigenvalue weighted by atomic mass is 35.5. The second-order valence-electron chi connectivity index (χ2n) is 10.2. The highest BCUT2D eigenvalue weighted by Gasteiger charge is 2.35. The number of nitrogens with zero attached hydrogens (tertiary/aromatic N) is 1. The largest absolute Gasteiger partial charge is 0.456 e. The van der Waals surface area contributed by atoms with E-state index in [2.05, 4.69) is 77.7 Å². The first-order valence-corrected chi connectivity index (χ1v) is 13.7.